The third-order valence-corrected chi connectivity index (χ3v) is 5.10. The monoisotopic (exact) mass is 410 g/mol. The highest BCUT2D eigenvalue weighted by Gasteiger charge is 2.22. The molecule has 4 aromatic rings. The molecular weight excluding hydrogens is 388 g/mol. The number of hydrogen-bond acceptors (Lipinski definition) is 3. The van der Waals surface area contributed by atoms with Crippen molar-refractivity contribution in [3.63, 3.8) is 0 Å². The van der Waals surface area contributed by atoms with Crippen molar-refractivity contribution >= 4 is 5.91 Å². The topological polar surface area (TPSA) is 71.2 Å². The summed E-state index contributed by atoms with van der Waals surface area (Å²) in [6.07, 6.45) is 0. The highest BCUT2D eigenvalue weighted by molar-refractivity contribution is 5.94. The Bertz CT molecular complexity index is 1230. The van der Waals surface area contributed by atoms with Crippen molar-refractivity contribution < 1.29 is 9.53 Å². The van der Waals surface area contributed by atoms with Gasteiger partial charge >= 0.3 is 0 Å². The zero-order valence-electron chi connectivity index (χ0n) is 17.0. The lowest BCUT2D eigenvalue weighted by molar-refractivity contribution is 0.0941. The summed E-state index contributed by atoms with van der Waals surface area (Å²) in [5.74, 6) is 0.200. The van der Waals surface area contributed by atoms with E-state index in [1.165, 1.54) is 0 Å². The summed E-state index contributed by atoms with van der Waals surface area (Å²) in [6, 6.07) is 29.4. The number of H-pyrrole nitrogens is 1. The van der Waals surface area contributed by atoms with E-state index in [-0.39, 0.29) is 5.56 Å². The van der Waals surface area contributed by atoms with Gasteiger partial charge in [0.2, 0.25) is 0 Å². The molecule has 1 aromatic heterocycles. The molecular formula is C26H22N2O3. The minimum atomic E-state index is -0.474. The van der Waals surface area contributed by atoms with Gasteiger partial charge < -0.3 is 15.0 Å². The van der Waals surface area contributed by atoms with Crippen LogP contribution in [0.1, 0.15) is 27.5 Å². The molecule has 0 radical (unpaired) electrons. The molecule has 0 saturated carbocycles. The molecule has 0 aliphatic carbocycles. The summed E-state index contributed by atoms with van der Waals surface area (Å²) in [5, 5.41) is 3.00. The number of pyridine rings is 1. The maximum absolute atomic E-state index is 13.1. The zero-order chi connectivity index (χ0) is 21.6. The van der Waals surface area contributed by atoms with Crippen molar-refractivity contribution in [2.24, 2.45) is 0 Å². The standard InChI is InChI=1S/C26H22N2O3/c1-31-23-15-9-8-14-20(23)24(19-12-6-3-7-13-19)28-26(30)21-16-17-22(27-25(21)29)18-10-4-2-5-11-18/h2-17,24H,1H3,(H,27,29)(H,28,30). The molecule has 1 atom stereocenters. The van der Waals surface area contributed by atoms with Gasteiger partial charge in [0.1, 0.15) is 11.3 Å². The lowest BCUT2D eigenvalue weighted by Gasteiger charge is -2.22. The van der Waals surface area contributed by atoms with E-state index in [0.717, 1.165) is 16.7 Å². The van der Waals surface area contributed by atoms with E-state index in [1.54, 1.807) is 19.2 Å². The second-order valence-electron chi connectivity index (χ2n) is 7.04. The van der Waals surface area contributed by atoms with Crippen LogP contribution < -0.4 is 15.6 Å². The summed E-state index contributed by atoms with van der Waals surface area (Å²) in [4.78, 5) is 28.6. The molecule has 31 heavy (non-hydrogen) atoms. The van der Waals surface area contributed by atoms with E-state index >= 15 is 0 Å². The largest absolute Gasteiger partial charge is 0.496 e. The smallest absolute Gasteiger partial charge is 0.261 e. The molecule has 5 heteroatoms. The minimum absolute atomic E-state index is 0.0514. The molecule has 154 valence electrons. The molecule has 1 heterocycles. The lowest BCUT2D eigenvalue weighted by atomic mass is 9.97. The maximum Gasteiger partial charge on any atom is 0.261 e. The summed E-state index contributed by atoms with van der Waals surface area (Å²) in [7, 11) is 1.59. The Morgan fingerprint density at radius 2 is 1.48 bits per heavy atom. The van der Waals surface area contributed by atoms with E-state index in [9.17, 15) is 9.59 Å². The van der Waals surface area contributed by atoms with Gasteiger partial charge in [-0.1, -0.05) is 78.9 Å². The van der Waals surface area contributed by atoms with E-state index in [2.05, 4.69) is 10.3 Å². The fourth-order valence-electron chi connectivity index (χ4n) is 3.54. The van der Waals surface area contributed by atoms with Gasteiger partial charge in [-0.2, -0.15) is 0 Å². The maximum atomic E-state index is 13.1. The van der Waals surface area contributed by atoms with Crippen molar-refractivity contribution in [1.29, 1.82) is 0 Å². The number of rotatable bonds is 6. The number of hydrogen-bond donors (Lipinski definition) is 2. The molecule has 0 spiro atoms. The zero-order valence-corrected chi connectivity index (χ0v) is 17.0. The van der Waals surface area contributed by atoms with Gasteiger partial charge in [-0.3, -0.25) is 9.59 Å². The lowest BCUT2D eigenvalue weighted by Crippen LogP contribution is -2.33. The van der Waals surface area contributed by atoms with Crippen molar-refractivity contribution in [2.75, 3.05) is 7.11 Å². The van der Waals surface area contributed by atoms with Crippen LogP contribution in [0.4, 0.5) is 0 Å². The number of para-hydroxylation sites is 1. The first kappa shape index (κ1) is 20.2. The first-order chi connectivity index (χ1) is 15.2. The van der Waals surface area contributed by atoms with Crippen LogP contribution in [0.25, 0.3) is 11.3 Å². The molecule has 0 saturated heterocycles. The Hall–Kier alpha value is -4.12. The highest BCUT2D eigenvalue weighted by Crippen LogP contribution is 2.30. The summed E-state index contributed by atoms with van der Waals surface area (Å²) in [5.41, 5.74) is 2.84. The molecule has 3 aromatic carbocycles. The number of amides is 1. The van der Waals surface area contributed by atoms with Crippen LogP contribution in [0, 0.1) is 0 Å². The van der Waals surface area contributed by atoms with Gasteiger partial charge in [0.25, 0.3) is 11.5 Å². The molecule has 1 unspecified atom stereocenters. The number of methoxy groups -OCH3 is 1. The molecule has 4 rings (SSSR count). The fourth-order valence-corrected chi connectivity index (χ4v) is 3.54. The Balaban J connectivity index is 1.68. The molecule has 5 nitrogen and oxygen atoms in total. The first-order valence-corrected chi connectivity index (χ1v) is 9.95. The summed E-state index contributed by atoms with van der Waals surface area (Å²) >= 11 is 0. The Kier molecular flexibility index (Phi) is 5.94. The molecule has 2 N–H and O–H groups in total. The van der Waals surface area contributed by atoms with E-state index < -0.39 is 17.5 Å². The van der Waals surface area contributed by atoms with Gasteiger partial charge in [0, 0.05) is 11.3 Å². The van der Waals surface area contributed by atoms with Crippen LogP contribution in [0.15, 0.2) is 102 Å². The number of benzene rings is 3. The van der Waals surface area contributed by atoms with E-state index in [4.69, 9.17) is 4.74 Å². The third kappa shape index (κ3) is 4.41. The Morgan fingerprint density at radius 3 is 2.16 bits per heavy atom. The molecule has 0 aliphatic rings. The average molecular weight is 410 g/mol. The van der Waals surface area contributed by atoms with Crippen molar-refractivity contribution in [3.8, 4) is 17.0 Å². The fraction of sp³-hybridized carbons (Fsp3) is 0.0769. The van der Waals surface area contributed by atoms with Gasteiger partial charge in [0.15, 0.2) is 0 Å². The van der Waals surface area contributed by atoms with Gasteiger partial charge in [-0.15, -0.1) is 0 Å². The quantitative estimate of drug-likeness (QED) is 0.489. The number of nitrogens with one attached hydrogen (secondary N) is 2. The van der Waals surface area contributed by atoms with Crippen LogP contribution >= 0.6 is 0 Å². The van der Waals surface area contributed by atoms with E-state index in [1.807, 2.05) is 84.9 Å². The second kappa shape index (κ2) is 9.13. The Morgan fingerprint density at radius 1 is 0.839 bits per heavy atom. The first-order valence-electron chi connectivity index (χ1n) is 9.95. The SMILES string of the molecule is COc1ccccc1C(NC(=O)c1ccc(-c2ccccc2)[nH]c1=O)c1ccccc1. The van der Waals surface area contributed by atoms with Crippen LogP contribution in [0.2, 0.25) is 0 Å². The predicted molar refractivity (Wildman–Crippen MR) is 121 cm³/mol. The summed E-state index contributed by atoms with van der Waals surface area (Å²) < 4.78 is 5.50. The number of ether oxygens (including phenoxy) is 1. The highest BCUT2D eigenvalue weighted by atomic mass is 16.5. The van der Waals surface area contributed by atoms with Crippen LogP contribution in [-0.2, 0) is 0 Å². The van der Waals surface area contributed by atoms with Gasteiger partial charge in [0.05, 0.1) is 13.2 Å². The molecule has 0 bridgehead atoms. The van der Waals surface area contributed by atoms with Crippen LogP contribution in [-0.4, -0.2) is 18.0 Å². The number of carbonyl (C=O) groups is 1. The summed E-state index contributed by atoms with van der Waals surface area (Å²) in [6.45, 7) is 0. The predicted octanol–water partition coefficient (Wildman–Crippen LogP) is 4.57. The third-order valence-electron chi connectivity index (χ3n) is 5.10. The number of aromatic amines is 1. The van der Waals surface area contributed by atoms with Crippen molar-refractivity contribution in [2.45, 2.75) is 6.04 Å². The van der Waals surface area contributed by atoms with Gasteiger partial charge in [-0.05, 0) is 29.3 Å². The Labute approximate surface area is 180 Å². The normalized spacial score (nSPS) is 11.5. The van der Waals surface area contributed by atoms with Crippen molar-refractivity contribution in [1.82, 2.24) is 10.3 Å². The van der Waals surface area contributed by atoms with Crippen molar-refractivity contribution in [3.05, 3.63) is 124 Å². The molecule has 0 aliphatic heterocycles. The molecule has 0 fully saturated rings. The minimum Gasteiger partial charge on any atom is -0.496 e. The second-order valence-corrected chi connectivity index (χ2v) is 7.04. The van der Waals surface area contributed by atoms with E-state index in [0.29, 0.717) is 11.4 Å². The number of aromatic nitrogens is 1. The van der Waals surface area contributed by atoms with Crippen LogP contribution in [0.5, 0.6) is 5.75 Å². The molecule has 1 amide bonds. The number of carbonyl (C=O) groups excluding carboxylic acids is 1. The average Bonchev–Trinajstić information content (AvgIpc) is 2.83. The van der Waals surface area contributed by atoms with Gasteiger partial charge in [-0.25, -0.2) is 0 Å². The van der Waals surface area contributed by atoms with Crippen LogP contribution in [0.3, 0.4) is 0 Å².